The second kappa shape index (κ2) is 8.92. The molecule has 1 amide bonds. The molecular formula is C25H18ClN3O5. The van der Waals surface area contributed by atoms with E-state index < -0.39 is 5.91 Å². The fourth-order valence-electron chi connectivity index (χ4n) is 3.62. The van der Waals surface area contributed by atoms with Gasteiger partial charge < -0.3 is 24.4 Å². The number of hydrogen-bond donors (Lipinski definition) is 2. The van der Waals surface area contributed by atoms with Gasteiger partial charge in [0.2, 0.25) is 5.76 Å². The Kier molecular flexibility index (Phi) is 5.65. The predicted octanol–water partition coefficient (Wildman–Crippen LogP) is 5.36. The van der Waals surface area contributed by atoms with Crippen molar-refractivity contribution in [3.05, 3.63) is 88.9 Å². The summed E-state index contributed by atoms with van der Waals surface area (Å²) < 4.78 is 15.9. The van der Waals surface area contributed by atoms with E-state index in [2.05, 4.69) is 15.5 Å². The Hall–Kier alpha value is -4.30. The lowest BCUT2D eigenvalue weighted by molar-refractivity contribution is -0.110. The fraction of sp³-hybridized carbons (Fsp3) is 0.0800. The lowest BCUT2D eigenvalue weighted by Gasteiger charge is -2.10. The lowest BCUT2D eigenvalue weighted by Crippen LogP contribution is -2.05. The summed E-state index contributed by atoms with van der Waals surface area (Å²) in [5, 5.41) is 17.6. The number of rotatable bonds is 6. The van der Waals surface area contributed by atoms with Crippen LogP contribution in [0.1, 0.15) is 16.9 Å². The van der Waals surface area contributed by atoms with Crippen LogP contribution in [-0.2, 0) is 11.4 Å². The van der Waals surface area contributed by atoms with Crippen LogP contribution in [0.25, 0.3) is 22.5 Å². The van der Waals surface area contributed by atoms with Crippen molar-refractivity contribution in [2.24, 2.45) is 0 Å². The quantitative estimate of drug-likeness (QED) is 0.285. The average Bonchev–Trinajstić information content (AvgIpc) is 3.46. The highest BCUT2D eigenvalue weighted by Gasteiger charge is 2.31. The first-order valence-corrected chi connectivity index (χ1v) is 10.6. The van der Waals surface area contributed by atoms with Crippen LogP contribution < -0.4 is 14.8 Å². The number of aromatic nitrogens is 2. The molecule has 0 atom stereocenters. The Morgan fingerprint density at radius 1 is 1.15 bits per heavy atom. The van der Waals surface area contributed by atoms with Crippen LogP contribution in [0.5, 0.6) is 11.6 Å². The number of carbonyl (C=O) groups excluding carboxylic acids is 1. The van der Waals surface area contributed by atoms with Crippen LogP contribution in [0.3, 0.4) is 0 Å². The van der Waals surface area contributed by atoms with Gasteiger partial charge in [-0.2, -0.15) is 0 Å². The number of amides is 1. The van der Waals surface area contributed by atoms with Gasteiger partial charge in [-0.15, -0.1) is 0 Å². The molecule has 0 bridgehead atoms. The first kappa shape index (κ1) is 21.5. The number of carbonyl (C=O) groups is 1. The number of halogens is 1. The number of ether oxygens (including phenoxy) is 2. The molecule has 2 aromatic carbocycles. The first-order valence-electron chi connectivity index (χ1n) is 10.2. The minimum Gasteiger partial charge on any atom is -0.504 e. The third-order valence-electron chi connectivity index (χ3n) is 5.31. The molecule has 1 aliphatic heterocycles. The van der Waals surface area contributed by atoms with Gasteiger partial charge in [0.05, 0.1) is 29.5 Å². The standard InChI is InChI=1S/C25H18ClN3O5/c1-32-22-11-21(34-29-22)24(30)23-18-9-17(19(26)10-20(18)28-25(23)31)15-4-6-16(7-5-15)33-13-14-3-2-8-27-12-14/h2-12,30H,13H2,1H3,(H,28,31). The van der Waals surface area contributed by atoms with Crippen LogP contribution in [0, 0.1) is 0 Å². The molecule has 0 saturated heterocycles. The molecule has 2 N–H and O–H groups in total. The maximum absolute atomic E-state index is 12.6. The molecule has 3 heterocycles. The Bertz CT molecular complexity index is 1400. The zero-order chi connectivity index (χ0) is 23.7. The zero-order valence-corrected chi connectivity index (χ0v) is 18.7. The number of hydrogen-bond acceptors (Lipinski definition) is 7. The SMILES string of the molecule is COc1cc(C(O)=C2C(=O)Nc3cc(Cl)c(-c4ccc(OCc5cccnc5)cc4)cc32)on1. The van der Waals surface area contributed by atoms with Crippen molar-refractivity contribution in [1.29, 1.82) is 0 Å². The van der Waals surface area contributed by atoms with Gasteiger partial charge >= 0.3 is 0 Å². The van der Waals surface area contributed by atoms with Crippen LogP contribution in [0.15, 0.2) is 71.5 Å². The van der Waals surface area contributed by atoms with Crippen LogP contribution >= 0.6 is 11.6 Å². The number of pyridine rings is 1. The van der Waals surface area contributed by atoms with Gasteiger partial charge in [-0.25, -0.2) is 0 Å². The van der Waals surface area contributed by atoms with Crippen molar-refractivity contribution in [3.63, 3.8) is 0 Å². The van der Waals surface area contributed by atoms with E-state index in [-0.39, 0.29) is 23.0 Å². The number of nitrogens with one attached hydrogen (secondary N) is 1. The van der Waals surface area contributed by atoms with E-state index in [1.54, 1.807) is 24.5 Å². The molecule has 4 aromatic rings. The summed E-state index contributed by atoms with van der Waals surface area (Å²) in [6.07, 6.45) is 3.47. The summed E-state index contributed by atoms with van der Waals surface area (Å²) in [7, 11) is 1.42. The topological polar surface area (TPSA) is 107 Å². The first-order chi connectivity index (χ1) is 16.5. The molecule has 1 aliphatic rings. The average molecular weight is 476 g/mol. The van der Waals surface area contributed by atoms with Crippen LogP contribution in [-0.4, -0.2) is 28.3 Å². The Morgan fingerprint density at radius 2 is 1.97 bits per heavy atom. The maximum Gasteiger partial charge on any atom is 0.260 e. The van der Waals surface area contributed by atoms with Gasteiger partial charge in [-0.3, -0.25) is 9.78 Å². The highest BCUT2D eigenvalue weighted by atomic mass is 35.5. The highest BCUT2D eigenvalue weighted by Crippen LogP contribution is 2.42. The summed E-state index contributed by atoms with van der Waals surface area (Å²) in [6, 6.07) is 16.0. The third-order valence-corrected chi connectivity index (χ3v) is 5.63. The van der Waals surface area contributed by atoms with Gasteiger partial charge in [-0.1, -0.05) is 29.8 Å². The second-order valence-electron chi connectivity index (χ2n) is 7.46. The molecule has 8 nitrogen and oxygen atoms in total. The van der Waals surface area contributed by atoms with E-state index in [0.29, 0.717) is 34.2 Å². The maximum atomic E-state index is 12.6. The van der Waals surface area contributed by atoms with E-state index in [4.69, 9.17) is 25.6 Å². The molecule has 2 aromatic heterocycles. The van der Waals surface area contributed by atoms with Gasteiger partial charge in [0.25, 0.3) is 11.8 Å². The van der Waals surface area contributed by atoms with Gasteiger partial charge in [0.15, 0.2) is 5.76 Å². The summed E-state index contributed by atoms with van der Waals surface area (Å²) in [6.45, 7) is 0.403. The molecule has 0 spiro atoms. The molecule has 34 heavy (non-hydrogen) atoms. The Balaban J connectivity index is 1.45. The van der Waals surface area contributed by atoms with E-state index in [1.807, 2.05) is 36.4 Å². The summed E-state index contributed by atoms with van der Waals surface area (Å²) >= 11 is 6.52. The number of benzene rings is 2. The molecular weight excluding hydrogens is 458 g/mol. The lowest BCUT2D eigenvalue weighted by atomic mass is 9.98. The summed E-state index contributed by atoms with van der Waals surface area (Å²) in [5.41, 5.74) is 3.52. The zero-order valence-electron chi connectivity index (χ0n) is 17.9. The normalized spacial score (nSPS) is 13.9. The molecule has 5 rings (SSSR count). The van der Waals surface area contributed by atoms with Crippen LogP contribution in [0.2, 0.25) is 5.02 Å². The minimum absolute atomic E-state index is 0.0152. The third kappa shape index (κ3) is 4.06. The minimum atomic E-state index is -0.477. The summed E-state index contributed by atoms with van der Waals surface area (Å²) in [4.78, 5) is 16.7. The highest BCUT2D eigenvalue weighted by molar-refractivity contribution is 6.38. The predicted molar refractivity (Wildman–Crippen MR) is 127 cm³/mol. The number of aliphatic hydroxyl groups excluding tert-OH is 1. The van der Waals surface area contributed by atoms with E-state index >= 15 is 0 Å². The monoisotopic (exact) mass is 475 g/mol. The largest absolute Gasteiger partial charge is 0.504 e. The van der Waals surface area contributed by atoms with Crippen molar-refractivity contribution in [1.82, 2.24) is 10.1 Å². The van der Waals surface area contributed by atoms with E-state index in [9.17, 15) is 9.90 Å². The van der Waals surface area contributed by atoms with Crippen molar-refractivity contribution in [2.75, 3.05) is 12.4 Å². The molecule has 0 unspecified atom stereocenters. The smallest absolute Gasteiger partial charge is 0.260 e. The molecule has 0 aliphatic carbocycles. The van der Waals surface area contributed by atoms with Gasteiger partial charge in [-0.05, 0) is 41.1 Å². The molecule has 9 heteroatoms. The van der Waals surface area contributed by atoms with Gasteiger partial charge in [0, 0.05) is 29.1 Å². The molecule has 0 radical (unpaired) electrons. The number of aliphatic hydroxyl groups is 1. The van der Waals surface area contributed by atoms with Crippen molar-refractivity contribution in [2.45, 2.75) is 6.61 Å². The van der Waals surface area contributed by atoms with Crippen molar-refractivity contribution >= 4 is 34.5 Å². The number of fused-ring (bicyclic) bond motifs is 1. The Morgan fingerprint density at radius 3 is 2.68 bits per heavy atom. The Labute approximate surface area is 199 Å². The van der Waals surface area contributed by atoms with Gasteiger partial charge in [0.1, 0.15) is 12.4 Å². The molecule has 0 fully saturated rings. The summed E-state index contributed by atoms with van der Waals surface area (Å²) in [5.74, 6) is 0.0683. The van der Waals surface area contributed by atoms with E-state index in [1.165, 1.54) is 13.2 Å². The fourth-order valence-corrected chi connectivity index (χ4v) is 3.89. The van der Waals surface area contributed by atoms with Crippen molar-refractivity contribution in [3.8, 4) is 22.8 Å². The second-order valence-corrected chi connectivity index (χ2v) is 7.87. The number of anilines is 1. The van der Waals surface area contributed by atoms with Crippen molar-refractivity contribution < 1.29 is 23.9 Å². The van der Waals surface area contributed by atoms with E-state index in [0.717, 1.165) is 11.1 Å². The molecule has 0 saturated carbocycles. The molecule has 170 valence electrons. The number of methoxy groups -OCH3 is 1. The van der Waals surface area contributed by atoms with Crippen LogP contribution in [0.4, 0.5) is 5.69 Å². The number of nitrogens with zero attached hydrogens (tertiary/aromatic N) is 2.